The molecule has 0 aliphatic heterocycles. The van der Waals surface area contributed by atoms with E-state index in [-0.39, 0.29) is 0 Å². The Morgan fingerprint density at radius 3 is 2.63 bits per heavy atom. The Balaban J connectivity index is 2.46. The van der Waals surface area contributed by atoms with Gasteiger partial charge in [0.1, 0.15) is 5.01 Å². The van der Waals surface area contributed by atoms with E-state index in [2.05, 4.69) is 50.2 Å². The minimum atomic E-state index is 0.518. The van der Waals surface area contributed by atoms with Gasteiger partial charge in [0, 0.05) is 31.1 Å². The highest BCUT2D eigenvalue weighted by molar-refractivity contribution is 7.09. The molecule has 0 aromatic carbocycles. The Morgan fingerprint density at radius 1 is 1.32 bits per heavy atom. The zero-order chi connectivity index (χ0) is 14.3. The second-order valence-electron chi connectivity index (χ2n) is 5.61. The Morgan fingerprint density at radius 2 is 2.05 bits per heavy atom. The lowest BCUT2D eigenvalue weighted by Crippen LogP contribution is -2.28. The minimum absolute atomic E-state index is 0.518. The highest BCUT2D eigenvalue weighted by atomic mass is 32.1. The van der Waals surface area contributed by atoms with E-state index in [9.17, 15) is 0 Å². The SMILES string of the molecule is CCC(C)CN(CC)Cc1csc(CNC(C)C)n1. The first-order valence-electron chi connectivity index (χ1n) is 7.44. The van der Waals surface area contributed by atoms with Crippen molar-refractivity contribution in [2.75, 3.05) is 13.1 Å². The van der Waals surface area contributed by atoms with Crippen molar-refractivity contribution in [1.82, 2.24) is 15.2 Å². The molecule has 1 atom stereocenters. The third kappa shape index (κ3) is 6.50. The number of aromatic nitrogens is 1. The number of nitrogens with one attached hydrogen (secondary N) is 1. The van der Waals surface area contributed by atoms with Crippen molar-refractivity contribution >= 4 is 11.3 Å². The molecule has 1 heterocycles. The molecule has 0 aliphatic carbocycles. The van der Waals surface area contributed by atoms with Gasteiger partial charge in [-0.15, -0.1) is 11.3 Å². The second-order valence-corrected chi connectivity index (χ2v) is 6.55. The number of hydrogen-bond acceptors (Lipinski definition) is 4. The summed E-state index contributed by atoms with van der Waals surface area (Å²) < 4.78 is 0. The van der Waals surface area contributed by atoms with Crippen LogP contribution in [0.25, 0.3) is 0 Å². The predicted octanol–water partition coefficient (Wildman–Crippen LogP) is 3.51. The summed E-state index contributed by atoms with van der Waals surface area (Å²) in [5.74, 6) is 0.765. The van der Waals surface area contributed by atoms with Crippen LogP contribution in [0.3, 0.4) is 0 Å². The molecule has 0 fully saturated rings. The fourth-order valence-electron chi connectivity index (χ4n) is 1.90. The fraction of sp³-hybridized carbons (Fsp3) is 0.800. The van der Waals surface area contributed by atoms with Crippen LogP contribution in [0.4, 0.5) is 0 Å². The maximum absolute atomic E-state index is 4.72. The highest BCUT2D eigenvalue weighted by Gasteiger charge is 2.10. The van der Waals surface area contributed by atoms with Gasteiger partial charge in [0.15, 0.2) is 0 Å². The van der Waals surface area contributed by atoms with E-state index in [0.29, 0.717) is 6.04 Å². The van der Waals surface area contributed by atoms with Gasteiger partial charge in [-0.2, -0.15) is 0 Å². The third-order valence-corrected chi connectivity index (χ3v) is 4.26. The zero-order valence-electron chi connectivity index (χ0n) is 13.1. The first kappa shape index (κ1) is 16.6. The largest absolute Gasteiger partial charge is 0.308 e. The highest BCUT2D eigenvalue weighted by Crippen LogP contribution is 2.13. The van der Waals surface area contributed by atoms with E-state index in [0.717, 1.165) is 25.6 Å². The van der Waals surface area contributed by atoms with Gasteiger partial charge in [-0.1, -0.05) is 41.0 Å². The fourth-order valence-corrected chi connectivity index (χ4v) is 2.63. The molecule has 0 amide bonds. The summed E-state index contributed by atoms with van der Waals surface area (Å²) in [4.78, 5) is 7.21. The normalized spacial score (nSPS) is 13.4. The number of nitrogens with zero attached hydrogens (tertiary/aromatic N) is 2. The smallest absolute Gasteiger partial charge is 0.107 e. The summed E-state index contributed by atoms with van der Waals surface area (Å²) in [5.41, 5.74) is 1.22. The van der Waals surface area contributed by atoms with Gasteiger partial charge in [-0.05, 0) is 12.5 Å². The van der Waals surface area contributed by atoms with Crippen LogP contribution in [-0.2, 0) is 13.1 Å². The van der Waals surface area contributed by atoms with Crippen LogP contribution in [0.5, 0.6) is 0 Å². The van der Waals surface area contributed by atoms with Gasteiger partial charge in [0.2, 0.25) is 0 Å². The quantitative estimate of drug-likeness (QED) is 0.752. The Hall–Kier alpha value is -0.450. The molecule has 1 N–H and O–H groups in total. The summed E-state index contributed by atoms with van der Waals surface area (Å²) in [6.45, 7) is 15.3. The topological polar surface area (TPSA) is 28.2 Å². The molecule has 0 saturated carbocycles. The molecule has 4 heteroatoms. The third-order valence-electron chi connectivity index (χ3n) is 3.36. The summed E-state index contributed by atoms with van der Waals surface area (Å²) in [6, 6.07) is 0.518. The Bertz CT molecular complexity index is 349. The van der Waals surface area contributed by atoms with Gasteiger partial charge >= 0.3 is 0 Å². The van der Waals surface area contributed by atoms with E-state index in [1.807, 2.05) is 0 Å². The van der Waals surface area contributed by atoms with Crippen molar-refractivity contribution in [1.29, 1.82) is 0 Å². The molecule has 1 aromatic heterocycles. The molecule has 1 rings (SSSR count). The maximum Gasteiger partial charge on any atom is 0.107 e. The average molecular weight is 283 g/mol. The van der Waals surface area contributed by atoms with E-state index >= 15 is 0 Å². The van der Waals surface area contributed by atoms with E-state index in [1.54, 1.807) is 11.3 Å². The molecule has 1 unspecified atom stereocenters. The van der Waals surface area contributed by atoms with E-state index < -0.39 is 0 Å². The zero-order valence-corrected chi connectivity index (χ0v) is 13.9. The van der Waals surface area contributed by atoms with Crippen molar-refractivity contribution in [3.63, 3.8) is 0 Å². The van der Waals surface area contributed by atoms with Crippen LogP contribution < -0.4 is 5.32 Å². The summed E-state index contributed by atoms with van der Waals surface area (Å²) >= 11 is 1.77. The standard InChI is InChI=1S/C15H29N3S/c1-6-13(5)9-18(7-2)10-14-11-19-15(17-14)8-16-12(3)4/h11-13,16H,6-10H2,1-5H3. The lowest BCUT2D eigenvalue weighted by molar-refractivity contribution is 0.236. The molecule has 1 aromatic rings. The van der Waals surface area contributed by atoms with E-state index in [1.165, 1.54) is 23.7 Å². The van der Waals surface area contributed by atoms with Crippen molar-refractivity contribution in [3.8, 4) is 0 Å². The second kappa shape index (κ2) is 8.67. The molecule has 110 valence electrons. The van der Waals surface area contributed by atoms with Crippen LogP contribution >= 0.6 is 11.3 Å². The lowest BCUT2D eigenvalue weighted by atomic mass is 10.1. The van der Waals surface area contributed by atoms with Gasteiger partial charge in [0.05, 0.1) is 5.69 Å². The first-order valence-corrected chi connectivity index (χ1v) is 8.32. The van der Waals surface area contributed by atoms with Crippen molar-refractivity contribution in [2.24, 2.45) is 5.92 Å². The monoisotopic (exact) mass is 283 g/mol. The number of rotatable bonds is 9. The van der Waals surface area contributed by atoms with Crippen LogP contribution in [0.1, 0.15) is 51.7 Å². The minimum Gasteiger partial charge on any atom is -0.308 e. The predicted molar refractivity (Wildman–Crippen MR) is 84.5 cm³/mol. The summed E-state index contributed by atoms with van der Waals surface area (Å²) in [7, 11) is 0. The maximum atomic E-state index is 4.72. The van der Waals surface area contributed by atoms with Gasteiger partial charge in [0.25, 0.3) is 0 Å². The molecule has 3 nitrogen and oxygen atoms in total. The van der Waals surface area contributed by atoms with Gasteiger partial charge in [-0.3, -0.25) is 4.90 Å². The molecular weight excluding hydrogens is 254 g/mol. The number of hydrogen-bond donors (Lipinski definition) is 1. The molecule has 0 spiro atoms. The molecule has 0 aliphatic rings. The Kier molecular flexibility index (Phi) is 7.57. The van der Waals surface area contributed by atoms with Crippen molar-refractivity contribution in [3.05, 3.63) is 16.1 Å². The lowest BCUT2D eigenvalue weighted by Gasteiger charge is -2.22. The average Bonchev–Trinajstić information content (AvgIpc) is 2.83. The van der Waals surface area contributed by atoms with Crippen LogP contribution in [0, 0.1) is 5.92 Å². The molecule has 0 radical (unpaired) electrons. The summed E-state index contributed by atoms with van der Waals surface area (Å²) in [6.07, 6.45) is 1.25. The molecular formula is C15H29N3S. The van der Waals surface area contributed by atoms with Crippen LogP contribution in [-0.4, -0.2) is 29.0 Å². The van der Waals surface area contributed by atoms with Crippen molar-refractivity contribution < 1.29 is 0 Å². The Labute approximate surface area is 122 Å². The number of thiazole rings is 1. The van der Waals surface area contributed by atoms with Gasteiger partial charge in [-0.25, -0.2) is 4.98 Å². The van der Waals surface area contributed by atoms with Crippen molar-refractivity contribution in [2.45, 2.75) is 60.2 Å². The van der Waals surface area contributed by atoms with Gasteiger partial charge < -0.3 is 5.32 Å². The molecule has 0 bridgehead atoms. The summed E-state index contributed by atoms with van der Waals surface area (Å²) in [5, 5.41) is 6.82. The first-order chi connectivity index (χ1) is 9.05. The van der Waals surface area contributed by atoms with E-state index in [4.69, 9.17) is 4.98 Å². The molecule has 19 heavy (non-hydrogen) atoms. The van der Waals surface area contributed by atoms with Crippen LogP contribution in [0.2, 0.25) is 0 Å². The van der Waals surface area contributed by atoms with Crippen LogP contribution in [0.15, 0.2) is 5.38 Å². The molecule has 0 saturated heterocycles.